The number of amides is 1. The topological polar surface area (TPSA) is 89.0 Å². The molecule has 1 fully saturated rings. The van der Waals surface area contributed by atoms with E-state index in [0.717, 1.165) is 0 Å². The standard InChI is InChI=1S/C23H26N2O5/c1-4-29-18-7-5-17(6-8-18)21(26)19-20(16-9-11-24-12-10-16)25(23(28)22(19)27)13-14-30-15(2)3/h5-12,15,20,26H,4,13-14H2,1-3H3/b21-19-. The highest BCUT2D eigenvalue weighted by Crippen LogP contribution is 2.39. The van der Waals surface area contributed by atoms with Crippen LogP contribution in [-0.2, 0) is 14.3 Å². The van der Waals surface area contributed by atoms with E-state index in [0.29, 0.717) is 23.5 Å². The van der Waals surface area contributed by atoms with Crippen molar-refractivity contribution in [2.75, 3.05) is 19.8 Å². The van der Waals surface area contributed by atoms with Gasteiger partial charge in [0, 0.05) is 24.5 Å². The van der Waals surface area contributed by atoms with E-state index in [-0.39, 0.29) is 30.6 Å². The second-order valence-electron chi connectivity index (χ2n) is 7.15. The Bertz CT molecular complexity index is 922. The SMILES string of the molecule is CCOc1ccc(/C(O)=C2/C(=O)C(=O)N(CCOC(C)C)C2c2ccncc2)cc1. The monoisotopic (exact) mass is 410 g/mol. The quantitative estimate of drug-likeness (QED) is 0.408. The lowest BCUT2D eigenvalue weighted by molar-refractivity contribution is -0.140. The van der Waals surface area contributed by atoms with Crippen LogP contribution in [0.5, 0.6) is 5.75 Å². The number of carbonyl (C=O) groups is 2. The minimum Gasteiger partial charge on any atom is -0.507 e. The number of hydrogen-bond donors (Lipinski definition) is 1. The Morgan fingerprint density at radius 1 is 1.13 bits per heavy atom. The molecule has 7 nitrogen and oxygen atoms in total. The lowest BCUT2D eigenvalue weighted by Gasteiger charge is -2.25. The molecule has 1 saturated heterocycles. The molecular weight excluding hydrogens is 384 g/mol. The molecule has 1 unspecified atom stereocenters. The fraction of sp³-hybridized carbons (Fsp3) is 0.348. The van der Waals surface area contributed by atoms with E-state index in [4.69, 9.17) is 9.47 Å². The van der Waals surface area contributed by atoms with E-state index in [2.05, 4.69) is 4.98 Å². The molecule has 30 heavy (non-hydrogen) atoms. The summed E-state index contributed by atoms with van der Waals surface area (Å²) >= 11 is 0. The number of rotatable bonds is 8. The zero-order chi connectivity index (χ0) is 21.7. The highest BCUT2D eigenvalue weighted by Gasteiger charge is 2.45. The first-order chi connectivity index (χ1) is 14.4. The Balaban J connectivity index is 2.02. The summed E-state index contributed by atoms with van der Waals surface area (Å²) in [6.07, 6.45) is 3.19. The van der Waals surface area contributed by atoms with Gasteiger partial charge in [0.15, 0.2) is 0 Å². The van der Waals surface area contributed by atoms with Crippen molar-refractivity contribution in [3.05, 3.63) is 65.5 Å². The molecule has 2 heterocycles. The van der Waals surface area contributed by atoms with Crippen LogP contribution in [0, 0.1) is 0 Å². The van der Waals surface area contributed by atoms with Crippen molar-refractivity contribution in [3.8, 4) is 5.75 Å². The Labute approximate surface area is 175 Å². The zero-order valence-electron chi connectivity index (χ0n) is 17.4. The number of likely N-dealkylation sites (tertiary alicyclic amines) is 1. The molecule has 0 spiro atoms. The number of hydrogen-bond acceptors (Lipinski definition) is 6. The molecule has 158 valence electrons. The van der Waals surface area contributed by atoms with E-state index in [1.165, 1.54) is 4.90 Å². The number of aliphatic hydroxyl groups excluding tert-OH is 1. The van der Waals surface area contributed by atoms with Crippen molar-refractivity contribution in [1.82, 2.24) is 9.88 Å². The summed E-state index contributed by atoms with van der Waals surface area (Å²) in [6.45, 7) is 6.73. The van der Waals surface area contributed by atoms with E-state index in [1.807, 2.05) is 20.8 Å². The van der Waals surface area contributed by atoms with Crippen molar-refractivity contribution in [3.63, 3.8) is 0 Å². The van der Waals surface area contributed by atoms with Crippen LogP contribution >= 0.6 is 0 Å². The van der Waals surface area contributed by atoms with Crippen LogP contribution in [0.4, 0.5) is 0 Å². The van der Waals surface area contributed by atoms with Crippen molar-refractivity contribution in [1.29, 1.82) is 0 Å². The van der Waals surface area contributed by atoms with Gasteiger partial charge in [0.25, 0.3) is 11.7 Å². The number of ether oxygens (including phenoxy) is 2. The molecule has 0 aliphatic carbocycles. The van der Waals surface area contributed by atoms with Gasteiger partial charge >= 0.3 is 0 Å². The Hall–Kier alpha value is -3.19. The molecule has 2 aromatic rings. The summed E-state index contributed by atoms with van der Waals surface area (Å²) in [5.74, 6) is -0.930. The zero-order valence-corrected chi connectivity index (χ0v) is 17.4. The molecule has 3 rings (SSSR count). The second-order valence-corrected chi connectivity index (χ2v) is 7.15. The number of Topliss-reactive ketones (excluding diaryl/α,β-unsaturated/α-hetero) is 1. The largest absolute Gasteiger partial charge is 0.507 e. The molecule has 0 bridgehead atoms. The number of benzene rings is 1. The highest BCUT2D eigenvalue weighted by atomic mass is 16.5. The maximum atomic E-state index is 12.9. The minimum absolute atomic E-state index is 0.00468. The molecule has 1 aromatic carbocycles. The molecule has 1 N–H and O–H groups in total. The number of aromatic nitrogens is 1. The number of ketones is 1. The van der Waals surface area contributed by atoms with E-state index >= 15 is 0 Å². The van der Waals surface area contributed by atoms with Crippen LogP contribution in [-0.4, -0.2) is 52.5 Å². The molecule has 1 aromatic heterocycles. The summed E-state index contributed by atoms with van der Waals surface area (Å²) in [4.78, 5) is 31.1. The molecule has 1 atom stereocenters. The summed E-state index contributed by atoms with van der Waals surface area (Å²) in [5.41, 5.74) is 1.19. The van der Waals surface area contributed by atoms with Crippen molar-refractivity contribution >= 4 is 17.4 Å². The third-order valence-corrected chi connectivity index (χ3v) is 4.78. The Morgan fingerprint density at radius 2 is 1.80 bits per heavy atom. The van der Waals surface area contributed by atoms with Crippen molar-refractivity contribution in [2.45, 2.75) is 32.9 Å². The lowest BCUT2D eigenvalue weighted by Crippen LogP contribution is -2.33. The molecule has 7 heteroatoms. The van der Waals surface area contributed by atoms with Gasteiger partial charge in [-0.15, -0.1) is 0 Å². The predicted octanol–water partition coefficient (Wildman–Crippen LogP) is 3.33. The van der Waals surface area contributed by atoms with Gasteiger partial charge in [-0.05, 0) is 62.7 Å². The Kier molecular flexibility index (Phi) is 6.84. The van der Waals surface area contributed by atoms with Gasteiger partial charge in [0.2, 0.25) is 0 Å². The van der Waals surface area contributed by atoms with Crippen LogP contribution in [0.25, 0.3) is 5.76 Å². The minimum atomic E-state index is -0.715. The third-order valence-electron chi connectivity index (χ3n) is 4.78. The molecule has 0 radical (unpaired) electrons. The van der Waals surface area contributed by atoms with Gasteiger partial charge in [-0.25, -0.2) is 0 Å². The van der Waals surface area contributed by atoms with Gasteiger partial charge in [0.1, 0.15) is 11.5 Å². The fourth-order valence-corrected chi connectivity index (χ4v) is 3.42. The number of aliphatic hydroxyl groups is 1. The predicted molar refractivity (Wildman–Crippen MR) is 112 cm³/mol. The van der Waals surface area contributed by atoms with E-state index in [1.54, 1.807) is 48.8 Å². The van der Waals surface area contributed by atoms with Crippen molar-refractivity contribution in [2.24, 2.45) is 0 Å². The average molecular weight is 410 g/mol. The number of carbonyl (C=O) groups excluding carboxylic acids is 2. The van der Waals surface area contributed by atoms with Crippen LogP contribution < -0.4 is 4.74 Å². The highest BCUT2D eigenvalue weighted by molar-refractivity contribution is 6.46. The Morgan fingerprint density at radius 3 is 2.40 bits per heavy atom. The molecule has 0 saturated carbocycles. The smallest absolute Gasteiger partial charge is 0.295 e. The maximum absolute atomic E-state index is 12.9. The molecule has 1 amide bonds. The van der Waals surface area contributed by atoms with Crippen molar-refractivity contribution < 1.29 is 24.2 Å². The summed E-state index contributed by atoms with van der Waals surface area (Å²) in [7, 11) is 0. The van der Waals surface area contributed by atoms with Crippen LogP contribution in [0.3, 0.4) is 0 Å². The first kappa shape index (κ1) is 21.5. The van der Waals surface area contributed by atoms with Crippen LogP contribution in [0.1, 0.15) is 37.9 Å². The second kappa shape index (κ2) is 9.54. The molecular formula is C23H26N2O5. The van der Waals surface area contributed by atoms with Gasteiger partial charge in [-0.1, -0.05) is 0 Å². The normalized spacial score (nSPS) is 18.3. The summed E-state index contributed by atoms with van der Waals surface area (Å²) < 4.78 is 11.0. The lowest BCUT2D eigenvalue weighted by atomic mass is 9.96. The average Bonchev–Trinajstić information content (AvgIpc) is 2.99. The summed E-state index contributed by atoms with van der Waals surface area (Å²) in [5, 5.41) is 11.0. The number of nitrogens with zero attached hydrogens (tertiary/aromatic N) is 2. The van der Waals surface area contributed by atoms with Crippen LogP contribution in [0.2, 0.25) is 0 Å². The summed E-state index contributed by atoms with van der Waals surface area (Å²) in [6, 6.07) is 9.52. The molecule has 1 aliphatic heterocycles. The first-order valence-corrected chi connectivity index (χ1v) is 9.97. The molecule has 1 aliphatic rings. The van der Waals surface area contributed by atoms with E-state index < -0.39 is 17.7 Å². The van der Waals surface area contributed by atoms with E-state index in [9.17, 15) is 14.7 Å². The van der Waals surface area contributed by atoms with Gasteiger partial charge < -0.3 is 19.5 Å². The fourth-order valence-electron chi connectivity index (χ4n) is 3.42. The number of pyridine rings is 1. The third kappa shape index (κ3) is 4.52. The van der Waals surface area contributed by atoms with Gasteiger partial charge in [-0.2, -0.15) is 0 Å². The maximum Gasteiger partial charge on any atom is 0.295 e. The van der Waals surface area contributed by atoms with Gasteiger partial charge in [-0.3, -0.25) is 14.6 Å². The van der Waals surface area contributed by atoms with Gasteiger partial charge in [0.05, 0.1) is 30.9 Å². The van der Waals surface area contributed by atoms with Crippen LogP contribution in [0.15, 0.2) is 54.4 Å². The first-order valence-electron chi connectivity index (χ1n) is 9.97.